The number of carbonyl (C=O) groups excluding carboxylic acids is 4. The second-order valence-electron chi connectivity index (χ2n) is 16.7. The Labute approximate surface area is 427 Å². The quantitative estimate of drug-likeness (QED) is 0.106. The molecule has 8 aromatic rings. The maximum atomic E-state index is 12.1. The molecule has 2 aromatic heterocycles. The minimum absolute atomic E-state index is 0.248. The Kier molecular flexibility index (Phi) is 17.1. The lowest BCUT2D eigenvalue weighted by molar-refractivity contribution is -0.122. The maximum Gasteiger partial charge on any atom is 0.286 e. The van der Waals surface area contributed by atoms with E-state index < -0.39 is 9.49 Å². The fraction of sp³-hybridized carbons (Fsp3) is 0.250. The van der Waals surface area contributed by atoms with Gasteiger partial charge in [0.25, 0.3) is 10.5 Å². The van der Waals surface area contributed by atoms with Gasteiger partial charge in [-0.1, -0.05) is 88.4 Å². The fourth-order valence-electron chi connectivity index (χ4n) is 7.79. The molecule has 10 rings (SSSR count). The van der Waals surface area contributed by atoms with Gasteiger partial charge >= 0.3 is 0 Å². The highest BCUT2D eigenvalue weighted by molar-refractivity contribution is 8.16. The van der Waals surface area contributed by atoms with E-state index in [0.717, 1.165) is 91.4 Å². The second-order valence-corrected chi connectivity index (χ2v) is 19.6. The lowest BCUT2D eigenvalue weighted by Crippen LogP contribution is -2.35. The minimum Gasteiger partial charge on any atom is -0.486 e. The zero-order valence-corrected chi connectivity index (χ0v) is 43.2. The molecule has 0 bridgehead atoms. The van der Waals surface area contributed by atoms with Crippen molar-refractivity contribution in [3.05, 3.63) is 168 Å². The molecule has 4 amide bonds. The molecule has 0 saturated carbocycles. The van der Waals surface area contributed by atoms with Crippen LogP contribution in [0.2, 0.25) is 0 Å². The van der Waals surface area contributed by atoms with Crippen LogP contribution in [0.25, 0.3) is 22.1 Å². The summed E-state index contributed by atoms with van der Waals surface area (Å²) >= 11 is 2.07. The molecule has 372 valence electrons. The average Bonchev–Trinajstić information content (AvgIpc) is 4.05. The number of fused-ring (bicyclic) bond motifs is 2. The van der Waals surface area contributed by atoms with Gasteiger partial charge < -0.3 is 28.1 Å². The second kappa shape index (κ2) is 23.6. The summed E-state index contributed by atoms with van der Waals surface area (Å²) in [6, 6.07) is 46.1. The van der Waals surface area contributed by atoms with E-state index in [9.17, 15) is 19.2 Å². The first-order valence-electron chi connectivity index (χ1n) is 23.7. The molecule has 0 radical (unpaired) electrons. The number of nitrogens with one attached hydrogen (secondary N) is 2. The first-order valence-corrected chi connectivity index (χ1v) is 25.3. The molecule has 0 unspecified atom stereocenters. The molecule has 2 N–H and O–H groups in total. The van der Waals surface area contributed by atoms with E-state index in [1.54, 1.807) is 13.8 Å². The molecular weight excluding hydrogens is 949 g/mol. The lowest BCUT2D eigenvalue weighted by atomic mass is 9.99. The molecular formula is C56H58N6O8S2. The molecule has 0 aliphatic carbocycles. The van der Waals surface area contributed by atoms with Crippen LogP contribution in [0.3, 0.4) is 0 Å². The predicted molar refractivity (Wildman–Crippen MR) is 285 cm³/mol. The first kappa shape index (κ1) is 52.3. The number of para-hydroxylation sites is 2. The number of nitrogens with zero attached hydrogens (tertiary/aromatic N) is 4. The number of hydrogen-bond acceptors (Lipinski definition) is 12. The topological polar surface area (TPSA) is 165 Å². The van der Waals surface area contributed by atoms with Crippen LogP contribution in [-0.2, 0) is 49.7 Å². The van der Waals surface area contributed by atoms with Crippen LogP contribution in [0.5, 0.6) is 34.5 Å². The molecule has 2 fully saturated rings. The van der Waals surface area contributed by atoms with Gasteiger partial charge in [-0.25, -0.2) is 9.97 Å². The minimum atomic E-state index is -0.782. The standard InChI is InChI=1S/2C26H23N3O4S.2C2H6/c2*1-26(24(30)28-25(31)34-26)15-17-8-10-18(11-9-17)32-16-23-27-21-13-12-20(14-22(21)29(23)2)33-19-6-4-3-5-7-19;2*1-2/h2*3-14H,15-16H2,1-2H3,(H,28,30,31);2*1-2H3/t2*26-;;/m10../s1. The van der Waals surface area contributed by atoms with Crippen LogP contribution in [0.15, 0.2) is 146 Å². The van der Waals surface area contributed by atoms with Crippen molar-refractivity contribution < 1.29 is 38.1 Å². The Morgan fingerprint density at radius 3 is 1.15 bits per heavy atom. The van der Waals surface area contributed by atoms with Crippen LogP contribution < -0.4 is 29.6 Å². The van der Waals surface area contributed by atoms with E-state index in [2.05, 4.69) is 20.6 Å². The van der Waals surface area contributed by atoms with Crippen molar-refractivity contribution in [3.63, 3.8) is 0 Å². The first-order chi connectivity index (χ1) is 34.8. The molecule has 14 nitrogen and oxygen atoms in total. The molecule has 6 aromatic carbocycles. The summed E-state index contributed by atoms with van der Waals surface area (Å²) in [6.45, 7) is 12.2. The van der Waals surface area contributed by atoms with Gasteiger partial charge in [-0.15, -0.1) is 0 Å². The number of imidazole rings is 2. The third kappa shape index (κ3) is 12.7. The van der Waals surface area contributed by atoms with Crippen molar-refractivity contribution in [1.82, 2.24) is 29.7 Å². The van der Waals surface area contributed by atoms with Gasteiger partial charge in [-0.2, -0.15) is 0 Å². The summed E-state index contributed by atoms with van der Waals surface area (Å²) in [5.74, 6) is 5.55. The molecule has 72 heavy (non-hydrogen) atoms. The maximum absolute atomic E-state index is 12.1. The summed E-state index contributed by atoms with van der Waals surface area (Å²) in [5.41, 5.74) is 5.57. The highest BCUT2D eigenvalue weighted by Crippen LogP contribution is 2.37. The number of ether oxygens (including phenoxy) is 4. The molecule has 0 spiro atoms. The van der Waals surface area contributed by atoms with Gasteiger partial charge in [0.1, 0.15) is 68.9 Å². The summed E-state index contributed by atoms with van der Waals surface area (Å²) < 4.78 is 26.2. The largest absolute Gasteiger partial charge is 0.486 e. The van der Waals surface area contributed by atoms with Crippen molar-refractivity contribution in [2.45, 2.75) is 77.1 Å². The number of rotatable bonds is 14. The number of imide groups is 2. The van der Waals surface area contributed by atoms with Crippen LogP contribution >= 0.6 is 23.5 Å². The monoisotopic (exact) mass is 1010 g/mol. The molecule has 2 saturated heterocycles. The number of aryl methyl sites for hydroxylation is 2. The van der Waals surface area contributed by atoms with E-state index >= 15 is 0 Å². The molecule has 2 atom stereocenters. The number of benzene rings is 6. The summed E-state index contributed by atoms with van der Waals surface area (Å²) in [6.07, 6.45) is 0.932. The van der Waals surface area contributed by atoms with Gasteiger partial charge in [-0.05, 0) is 134 Å². The Balaban J connectivity index is 0.000000198. The Morgan fingerprint density at radius 1 is 0.472 bits per heavy atom. The van der Waals surface area contributed by atoms with Crippen molar-refractivity contribution in [2.75, 3.05) is 0 Å². The van der Waals surface area contributed by atoms with E-state index in [-0.39, 0.29) is 22.3 Å². The summed E-state index contributed by atoms with van der Waals surface area (Å²) in [5, 5.41) is 4.11. The van der Waals surface area contributed by atoms with Crippen molar-refractivity contribution in [1.29, 1.82) is 0 Å². The smallest absolute Gasteiger partial charge is 0.286 e. The van der Waals surface area contributed by atoms with Crippen LogP contribution in [-0.4, -0.2) is 50.9 Å². The molecule has 2 aliphatic heterocycles. The Bertz CT molecular complexity index is 2950. The Hall–Kier alpha value is -7.56. The van der Waals surface area contributed by atoms with Gasteiger partial charge in [0.15, 0.2) is 0 Å². The van der Waals surface area contributed by atoms with Crippen molar-refractivity contribution >= 4 is 67.9 Å². The molecule has 2 aliphatic rings. The number of amides is 4. The highest BCUT2D eigenvalue weighted by Gasteiger charge is 2.44. The van der Waals surface area contributed by atoms with E-state index in [0.29, 0.717) is 37.6 Å². The van der Waals surface area contributed by atoms with E-state index in [4.69, 9.17) is 18.9 Å². The average molecular weight is 1010 g/mol. The zero-order chi connectivity index (χ0) is 51.4. The molecule has 4 heterocycles. The third-order valence-electron chi connectivity index (χ3n) is 11.5. The van der Waals surface area contributed by atoms with Crippen LogP contribution in [0.4, 0.5) is 9.59 Å². The van der Waals surface area contributed by atoms with Crippen LogP contribution in [0.1, 0.15) is 64.3 Å². The highest BCUT2D eigenvalue weighted by atomic mass is 32.2. The van der Waals surface area contributed by atoms with E-state index in [1.165, 1.54) is 0 Å². The van der Waals surface area contributed by atoms with Gasteiger partial charge in [0.2, 0.25) is 11.8 Å². The number of carbonyl (C=O) groups is 4. The predicted octanol–water partition coefficient (Wildman–Crippen LogP) is 12.5. The van der Waals surface area contributed by atoms with E-state index in [1.807, 2.05) is 197 Å². The fourth-order valence-corrected chi connectivity index (χ4v) is 9.66. The van der Waals surface area contributed by atoms with Gasteiger partial charge in [-0.3, -0.25) is 29.8 Å². The Morgan fingerprint density at radius 2 is 0.819 bits per heavy atom. The zero-order valence-electron chi connectivity index (χ0n) is 41.6. The number of thioether (sulfide) groups is 2. The van der Waals surface area contributed by atoms with Gasteiger partial charge in [0, 0.05) is 26.2 Å². The third-order valence-corrected chi connectivity index (χ3v) is 13.7. The normalized spacial score (nSPS) is 16.9. The number of hydrogen-bond donors (Lipinski definition) is 2. The van der Waals surface area contributed by atoms with Crippen molar-refractivity contribution in [3.8, 4) is 34.5 Å². The van der Waals surface area contributed by atoms with Gasteiger partial charge in [0.05, 0.1) is 22.1 Å². The van der Waals surface area contributed by atoms with Crippen LogP contribution in [0, 0.1) is 0 Å². The molecule has 16 heteroatoms. The van der Waals surface area contributed by atoms with Crippen molar-refractivity contribution in [2.24, 2.45) is 14.1 Å². The summed E-state index contributed by atoms with van der Waals surface area (Å²) in [7, 11) is 3.91. The lowest BCUT2D eigenvalue weighted by Gasteiger charge is -2.18. The summed E-state index contributed by atoms with van der Waals surface area (Å²) in [4.78, 5) is 56.5. The SMILES string of the molecule is CC.CC.Cn1c(COc2ccc(C[C@@]3(C)SC(=O)NC3=O)cc2)nc2ccc(Oc3ccccc3)cc21.Cn1c(COc2ccc(C[C@]3(C)SC(=O)NC3=O)cc2)nc2ccc(Oc3ccccc3)cc21. The number of aromatic nitrogens is 4.